The Morgan fingerprint density at radius 1 is 1.27 bits per heavy atom. The molecule has 0 saturated heterocycles. The highest BCUT2D eigenvalue weighted by Crippen LogP contribution is 2.48. The number of halogens is 1. The van der Waals surface area contributed by atoms with Crippen LogP contribution in [0.15, 0.2) is 35.3 Å². The number of hydrogen-bond acceptors (Lipinski definition) is 3. The molecule has 1 aromatic carbocycles. The standard InChI is InChI=1S/C20H31N3O2.HI/c1-2-21-19(22-12-18(24)14-25-13-16-8-9-16)23-15-20(10-11-20)17-6-4-3-5-7-17;/h3-7,16,18,24H,2,8-15H2,1H3,(H2,21,22,23);1H. The SMILES string of the molecule is CCNC(=NCC1(c2ccccc2)CC1)NCC(O)COCC1CC1.I. The second kappa shape index (κ2) is 10.5. The van der Waals surface area contributed by atoms with Crippen LogP contribution in [-0.2, 0) is 10.2 Å². The summed E-state index contributed by atoms with van der Waals surface area (Å²) in [6, 6.07) is 10.6. The largest absolute Gasteiger partial charge is 0.389 e. The molecule has 3 N–H and O–H groups in total. The van der Waals surface area contributed by atoms with Crippen LogP contribution in [0.2, 0.25) is 0 Å². The van der Waals surface area contributed by atoms with Gasteiger partial charge in [0.15, 0.2) is 5.96 Å². The predicted molar refractivity (Wildman–Crippen MR) is 116 cm³/mol. The molecule has 2 aliphatic carbocycles. The Morgan fingerprint density at radius 3 is 2.62 bits per heavy atom. The average molecular weight is 473 g/mol. The van der Waals surface area contributed by atoms with Crippen molar-refractivity contribution in [2.24, 2.45) is 10.9 Å². The van der Waals surface area contributed by atoms with E-state index in [0.717, 1.165) is 31.6 Å². The quantitative estimate of drug-likeness (QED) is 0.278. The van der Waals surface area contributed by atoms with Gasteiger partial charge >= 0.3 is 0 Å². The van der Waals surface area contributed by atoms with Gasteiger partial charge in [-0.05, 0) is 44.1 Å². The van der Waals surface area contributed by atoms with Crippen molar-refractivity contribution in [1.82, 2.24) is 10.6 Å². The van der Waals surface area contributed by atoms with E-state index in [2.05, 4.69) is 47.9 Å². The van der Waals surface area contributed by atoms with Crippen molar-refractivity contribution in [3.63, 3.8) is 0 Å². The van der Waals surface area contributed by atoms with Crippen LogP contribution >= 0.6 is 24.0 Å². The number of rotatable bonds is 10. The summed E-state index contributed by atoms with van der Waals surface area (Å²) >= 11 is 0. The van der Waals surface area contributed by atoms with Crippen molar-refractivity contribution >= 4 is 29.9 Å². The monoisotopic (exact) mass is 473 g/mol. The maximum atomic E-state index is 10.0. The molecule has 0 aromatic heterocycles. The van der Waals surface area contributed by atoms with Gasteiger partial charge in [-0.25, -0.2) is 0 Å². The van der Waals surface area contributed by atoms with E-state index in [1.807, 2.05) is 0 Å². The Hall–Kier alpha value is -0.860. The van der Waals surface area contributed by atoms with Crippen LogP contribution in [0.3, 0.4) is 0 Å². The van der Waals surface area contributed by atoms with Gasteiger partial charge in [-0.1, -0.05) is 30.3 Å². The van der Waals surface area contributed by atoms with Gasteiger partial charge in [0, 0.05) is 25.1 Å². The minimum atomic E-state index is -0.508. The molecular weight excluding hydrogens is 441 g/mol. The van der Waals surface area contributed by atoms with Crippen LogP contribution < -0.4 is 10.6 Å². The first-order valence-electron chi connectivity index (χ1n) is 9.55. The predicted octanol–water partition coefficient (Wildman–Crippen LogP) is 2.68. The maximum absolute atomic E-state index is 10.0. The number of ether oxygens (including phenoxy) is 1. The lowest BCUT2D eigenvalue weighted by Crippen LogP contribution is -2.42. The Bertz CT molecular complexity index is 559. The lowest BCUT2D eigenvalue weighted by Gasteiger charge is -2.17. The van der Waals surface area contributed by atoms with E-state index in [9.17, 15) is 5.11 Å². The second-order valence-electron chi connectivity index (χ2n) is 7.36. The fraction of sp³-hybridized carbons (Fsp3) is 0.650. The lowest BCUT2D eigenvalue weighted by molar-refractivity contribution is 0.0345. The van der Waals surface area contributed by atoms with Crippen LogP contribution in [0.1, 0.15) is 38.2 Å². The molecule has 3 rings (SSSR count). The van der Waals surface area contributed by atoms with Crippen molar-refractivity contribution in [1.29, 1.82) is 0 Å². The number of nitrogens with one attached hydrogen (secondary N) is 2. The summed E-state index contributed by atoms with van der Waals surface area (Å²) in [4.78, 5) is 4.76. The van der Waals surface area contributed by atoms with Crippen LogP contribution in [0, 0.1) is 5.92 Å². The molecule has 6 heteroatoms. The van der Waals surface area contributed by atoms with Gasteiger partial charge < -0.3 is 20.5 Å². The highest BCUT2D eigenvalue weighted by Gasteiger charge is 2.43. The fourth-order valence-corrected chi connectivity index (χ4v) is 2.98. The molecule has 2 saturated carbocycles. The number of benzene rings is 1. The van der Waals surface area contributed by atoms with Crippen molar-refractivity contribution in [3.05, 3.63) is 35.9 Å². The molecule has 146 valence electrons. The summed E-state index contributed by atoms with van der Waals surface area (Å²) < 4.78 is 5.54. The van der Waals surface area contributed by atoms with E-state index >= 15 is 0 Å². The zero-order chi connectivity index (χ0) is 17.5. The normalized spacial score (nSPS) is 19.4. The summed E-state index contributed by atoms with van der Waals surface area (Å²) in [5.74, 6) is 1.50. The molecule has 5 nitrogen and oxygen atoms in total. The zero-order valence-corrected chi connectivity index (χ0v) is 17.9. The van der Waals surface area contributed by atoms with Gasteiger partial charge in [-0.15, -0.1) is 24.0 Å². The first-order valence-corrected chi connectivity index (χ1v) is 9.55. The number of guanidine groups is 1. The first kappa shape index (κ1) is 21.4. The van der Waals surface area contributed by atoms with E-state index in [-0.39, 0.29) is 29.4 Å². The van der Waals surface area contributed by atoms with Gasteiger partial charge in [0.1, 0.15) is 0 Å². The summed E-state index contributed by atoms with van der Waals surface area (Å²) in [5, 5.41) is 16.5. The minimum absolute atomic E-state index is 0. The molecule has 0 radical (unpaired) electrons. The van der Waals surface area contributed by atoms with Gasteiger partial charge in [0.25, 0.3) is 0 Å². The number of aliphatic hydroxyl groups excluding tert-OH is 1. The average Bonchev–Trinajstić information content (AvgIpc) is 3.54. The Morgan fingerprint density at radius 2 is 2.00 bits per heavy atom. The summed E-state index contributed by atoms with van der Waals surface area (Å²) in [6.45, 7) is 5.26. The lowest BCUT2D eigenvalue weighted by atomic mass is 9.96. The number of nitrogens with zero attached hydrogens (tertiary/aromatic N) is 1. The Kier molecular flexibility index (Phi) is 8.63. The molecule has 0 aliphatic heterocycles. The molecule has 1 atom stereocenters. The van der Waals surface area contributed by atoms with Gasteiger partial charge in [0.05, 0.1) is 19.3 Å². The Labute approximate surface area is 174 Å². The van der Waals surface area contributed by atoms with Crippen LogP contribution in [0.5, 0.6) is 0 Å². The third kappa shape index (κ3) is 6.70. The highest BCUT2D eigenvalue weighted by atomic mass is 127. The molecule has 2 aliphatic rings. The summed E-state index contributed by atoms with van der Waals surface area (Å²) in [5.41, 5.74) is 1.58. The van der Waals surface area contributed by atoms with Gasteiger partial charge in [-0.3, -0.25) is 4.99 Å². The van der Waals surface area contributed by atoms with Crippen molar-refractivity contribution in [2.75, 3.05) is 32.8 Å². The molecular formula is C20H32IN3O2. The first-order chi connectivity index (χ1) is 12.2. The fourth-order valence-electron chi connectivity index (χ4n) is 2.98. The third-order valence-electron chi connectivity index (χ3n) is 4.99. The topological polar surface area (TPSA) is 65.9 Å². The number of aliphatic imine (C=N–C) groups is 1. The summed E-state index contributed by atoms with van der Waals surface area (Å²) in [6.07, 6.45) is 4.42. The number of aliphatic hydroxyl groups is 1. The highest BCUT2D eigenvalue weighted by molar-refractivity contribution is 14.0. The van der Waals surface area contributed by atoms with E-state index < -0.39 is 6.10 Å². The van der Waals surface area contributed by atoms with Crippen molar-refractivity contribution in [2.45, 2.75) is 44.1 Å². The van der Waals surface area contributed by atoms with E-state index in [4.69, 9.17) is 9.73 Å². The van der Waals surface area contributed by atoms with E-state index in [0.29, 0.717) is 13.2 Å². The van der Waals surface area contributed by atoms with Crippen LogP contribution in [0.25, 0.3) is 0 Å². The molecule has 1 unspecified atom stereocenters. The van der Waals surface area contributed by atoms with E-state index in [1.165, 1.54) is 31.2 Å². The van der Waals surface area contributed by atoms with Gasteiger partial charge in [-0.2, -0.15) is 0 Å². The second-order valence-corrected chi connectivity index (χ2v) is 7.36. The molecule has 1 aromatic rings. The van der Waals surface area contributed by atoms with Crippen LogP contribution in [0.4, 0.5) is 0 Å². The molecule has 2 fully saturated rings. The molecule has 0 heterocycles. The minimum Gasteiger partial charge on any atom is -0.389 e. The molecule has 26 heavy (non-hydrogen) atoms. The van der Waals surface area contributed by atoms with Crippen molar-refractivity contribution in [3.8, 4) is 0 Å². The zero-order valence-electron chi connectivity index (χ0n) is 15.6. The molecule has 0 amide bonds. The van der Waals surface area contributed by atoms with Crippen molar-refractivity contribution < 1.29 is 9.84 Å². The van der Waals surface area contributed by atoms with Crippen LogP contribution in [-0.4, -0.2) is 50.0 Å². The summed E-state index contributed by atoms with van der Waals surface area (Å²) in [7, 11) is 0. The Balaban J connectivity index is 0.00000243. The van der Waals surface area contributed by atoms with Gasteiger partial charge in [0.2, 0.25) is 0 Å². The smallest absolute Gasteiger partial charge is 0.191 e. The number of hydrogen-bond donors (Lipinski definition) is 3. The molecule has 0 bridgehead atoms. The van der Waals surface area contributed by atoms with E-state index in [1.54, 1.807) is 0 Å². The maximum Gasteiger partial charge on any atom is 0.191 e. The third-order valence-corrected chi connectivity index (χ3v) is 4.99. The molecule has 0 spiro atoms.